The van der Waals surface area contributed by atoms with Gasteiger partial charge in [0.15, 0.2) is 0 Å². The molecule has 0 bridgehead atoms. The third kappa shape index (κ3) is 5.35. The van der Waals surface area contributed by atoms with Crippen LogP contribution in [-0.4, -0.2) is 53.2 Å². The van der Waals surface area contributed by atoms with Crippen LogP contribution >= 0.6 is 0 Å². The monoisotopic (exact) mass is 385 g/mol. The number of carbonyl (C=O) groups excluding carboxylic acids is 1. The molecule has 6 nitrogen and oxygen atoms in total. The lowest BCUT2D eigenvalue weighted by atomic mass is 9.97. The number of amides is 1. The molecule has 1 aromatic carbocycles. The van der Waals surface area contributed by atoms with Crippen LogP contribution in [0.2, 0.25) is 0 Å². The van der Waals surface area contributed by atoms with Crippen LogP contribution in [0.15, 0.2) is 35.1 Å². The van der Waals surface area contributed by atoms with Gasteiger partial charge in [0.2, 0.25) is 0 Å². The number of aromatic nitrogens is 1. The summed E-state index contributed by atoms with van der Waals surface area (Å²) in [5.74, 6) is 0.380. The summed E-state index contributed by atoms with van der Waals surface area (Å²) in [6, 6.07) is 9.83. The third-order valence-electron chi connectivity index (χ3n) is 5.06. The van der Waals surface area contributed by atoms with E-state index in [9.17, 15) is 9.59 Å². The number of nitrogens with zero attached hydrogens (tertiary/aromatic N) is 2. The van der Waals surface area contributed by atoms with Crippen molar-refractivity contribution in [2.24, 2.45) is 5.92 Å². The van der Waals surface area contributed by atoms with Gasteiger partial charge in [0.05, 0.1) is 0 Å². The van der Waals surface area contributed by atoms with E-state index >= 15 is 0 Å². The lowest BCUT2D eigenvalue weighted by Crippen LogP contribution is -2.43. The first kappa shape index (κ1) is 20.4. The molecule has 0 spiro atoms. The van der Waals surface area contributed by atoms with Gasteiger partial charge in [-0.1, -0.05) is 18.2 Å². The highest BCUT2D eigenvalue weighted by Crippen LogP contribution is 2.20. The molecule has 152 valence electrons. The molecular formula is C22H31N3O3. The number of pyridine rings is 1. The molecule has 1 N–H and O–H groups in total. The summed E-state index contributed by atoms with van der Waals surface area (Å²) in [5, 5.41) is 1.05. The van der Waals surface area contributed by atoms with E-state index in [1.807, 2.05) is 51.1 Å². The number of hydrogen-bond acceptors (Lipinski definition) is 4. The number of benzene rings is 1. The normalized spacial score (nSPS) is 18.2. The number of likely N-dealkylation sites (tertiary alicyclic amines) is 1. The van der Waals surface area contributed by atoms with E-state index in [1.165, 1.54) is 0 Å². The first-order chi connectivity index (χ1) is 13.2. The Morgan fingerprint density at radius 2 is 2.07 bits per heavy atom. The van der Waals surface area contributed by atoms with Crippen LogP contribution in [0.1, 0.15) is 39.2 Å². The first-order valence-electron chi connectivity index (χ1n) is 9.99. The van der Waals surface area contributed by atoms with Gasteiger partial charge in [-0.3, -0.25) is 9.69 Å². The molecule has 0 aliphatic carbocycles. The molecule has 1 aliphatic heterocycles. The number of carbonyl (C=O) groups is 1. The zero-order valence-corrected chi connectivity index (χ0v) is 17.3. The lowest BCUT2D eigenvalue weighted by molar-refractivity contribution is 0.0241. The fraction of sp³-hybridized carbons (Fsp3) is 0.545. The number of hydrogen-bond donors (Lipinski definition) is 1. The largest absolute Gasteiger partial charge is 0.444 e. The molecule has 0 saturated carbocycles. The van der Waals surface area contributed by atoms with Crippen molar-refractivity contribution in [3.8, 4) is 0 Å². The Morgan fingerprint density at radius 1 is 1.32 bits per heavy atom. The number of H-pyrrole nitrogens is 1. The minimum atomic E-state index is -0.485. The molecule has 1 unspecified atom stereocenters. The highest BCUT2D eigenvalue weighted by Gasteiger charge is 2.25. The van der Waals surface area contributed by atoms with Crippen molar-refractivity contribution in [1.82, 2.24) is 14.8 Å². The van der Waals surface area contributed by atoms with Crippen LogP contribution in [0.5, 0.6) is 0 Å². The predicted molar refractivity (Wildman–Crippen MR) is 111 cm³/mol. The Labute approximate surface area is 166 Å². The van der Waals surface area contributed by atoms with Gasteiger partial charge in [-0.05, 0) is 63.6 Å². The second-order valence-corrected chi connectivity index (χ2v) is 8.82. The minimum Gasteiger partial charge on any atom is -0.444 e. The van der Waals surface area contributed by atoms with Gasteiger partial charge in [0.25, 0.3) is 5.56 Å². The van der Waals surface area contributed by atoms with Crippen LogP contribution in [-0.2, 0) is 11.3 Å². The quantitative estimate of drug-likeness (QED) is 0.873. The van der Waals surface area contributed by atoms with Crippen LogP contribution in [0.4, 0.5) is 4.79 Å². The number of para-hydroxylation sites is 1. The topological polar surface area (TPSA) is 65.6 Å². The number of fused-ring (bicyclic) bond motifs is 1. The van der Waals surface area contributed by atoms with Crippen LogP contribution in [0, 0.1) is 5.92 Å². The summed E-state index contributed by atoms with van der Waals surface area (Å²) < 4.78 is 5.45. The molecule has 0 radical (unpaired) electrons. The number of piperidine rings is 1. The summed E-state index contributed by atoms with van der Waals surface area (Å²) in [4.78, 5) is 31.6. The van der Waals surface area contributed by atoms with E-state index in [-0.39, 0.29) is 11.7 Å². The van der Waals surface area contributed by atoms with E-state index in [1.54, 1.807) is 11.9 Å². The highest BCUT2D eigenvalue weighted by atomic mass is 16.6. The van der Waals surface area contributed by atoms with E-state index in [2.05, 4.69) is 9.88 Å². The maximum atomic E-state index is 12.4. The van der Waals surface area contributed by atoms with Crippen molar-refractivity contribution in [3.05, 3.63) is 46.2 Å². The standard InChI is InChI=1S/C22H31N3O3/c1-22(2,3)28-21(27)24(4)13-16-8-7-11-25(14-16)15-18-12-17-9-5-6-10-19(17)23-20(18)26/h5-6,9-10,12,16H,7-8,11,13-15H2,1-4H3,(H,23,26). The van der Waals surface area contributed by atoms with Gasteiger partial charge < -0.3 is 14.6 Å². The number of nitrogens with one attached hydrogen (secondary N) is 1. The smallest absolute Gasteiger partial charge is 0.410 e. The summed E-state index contributed by atoms with van der Waals surface area (Å²) in [6.07, 6.45) is 1.87. The molecule has 1 fully saturated rings. The van der Waals surface area contributed by atoms with Crippen molar-refractivity contribution in [2.45, 2.75) is 45.8 Å². The summed E-state index contributed by atoms with van der Waals surface area (Å²) >= 11 is 0. The summed E-state index contributed by atoms with van der Waals surface area (Å²) in [6.45, 7) is 8.77. The van der Waals surface area contributed by atoms with Crippen LogP contribution in [0.25, 0.3) is 10.9 Å². The molecule has 2 aromatic rings. The zero-order chi connectivity index (χ0) is 20.3. The molecule has 28 heavy (non-hydrogen) atoms. The van der Waals surface area contributed by atoms with Crippen LogP contribution < -0.4 is 5.56 Å². The van der Waals surface area contributed by atoms with E-state index in [0.717, 1.165) is 42.4 Å². The van der Waals surface area contributed by atoms with Gasteiger partial charge in [-0.15, -0.1) is 0 Å². The van der Waals surface area contributed by atoms with Gasteiger partial charge in [0, 0.05) is 37.8 Å². The van der Waals surface area contributed by atoms with Gasteiger partial charge in [-0.2, -0.15) is 0 Å². The molecule has 3 rings (SSSR count). The second-order valence-electron chi connectivity index (χ2n) is 8.82. The third-order valence-corrected chi connectivity index (χ3v) is 5.06. The Balaban J connectivity index is 1.61. The fourth-order valence-electron chi connectivity index (χ4n) is 3.80. The lowest BCUT2D eigenvalue weighted by Gasteiger charge is -2.35. The average molecular weight is 386 g/mol. The SMILES string of the molecule is CN(CC1CCCN(Cc2cc3ccccc3[nH]c2=O)C1)C(=O)OC(C)(C)C. The Morgan fingerprint density at radius 3 is 2.82 bits per heavy atom. The van der Waals surface area contributed by atoms with E-state index in [0.29, 0.717) is 19.0 Å². The molecule has 2 heterocycles. The summed E-state index contributed by atoms with van der Waals surface area (Å²) in [5.41, 5.74) is 1.15. The molecule has 6 heteroatoms. The molecule has 1 aromatic heterocycles. The van der Waals surface area contributed by atoms with Crippen molar-refractivity contribution in [3.63, 3.8) is 0 Å². The summed E-state index contributed by atoms with van der Waals surface area (Å²) in [7, 11) is 1.79. The van der Waals surface area contributed by atoms with Gasteiger partial charge in [0.1, 0.15) is 5.60 Å². The second kappa shape index (κ2) is 8.35. The van der Waals surface area contributed by atoms with Crippen molar-refractivity contribution >= 4 is 17.0 Å². The Bertz CT molecular complexity index is 884. The van der Waals surface area contributed by atoms with Crippen molar-refractivity contribution < 1.29 is 9.53 Å². The number of rotatable bonds is 4. The number of ether oxygens (including phenoxy) is 1. The maximum absolute atomic E-state index is 12.4. The fourth-order valence-corrected chi connectivity index (χ4v) is 3.80. The maximum Gasteiger partial charge on any atom is 0.410 e. The molecule has 1 saturated heterocycles. The van der Waals surface area contributed by atoms with Gasteiger partial charge in [-0.25, -0.2) is 4.79 Å². The molecular weight excluding hydrogens is 354 g/mol. The zero-order valence-electron chi connectivity index (χ0n) is 17.3. The van der Waals surface area contributed by atoms with Gasteiger partial charge >= 0.3 is 6.09 Å². The van der Waals surface area contributed by atoms with Crippen molar-refractivity contribution in [2.75, 3.05) is 26.7 Å². The molecule has 1 amide bonds. The Hall–Kier alpha value is -2.34. The highest BCUT2D eigenvalue weighted by molar-refractivity contribution is 5.78. The minimum absolute atomic E-state index is 0.0216. The Kier molecular flexibility index (Phi) is 6.08. The van der Waals surface area contributed by atoms with Crippen LogP contribution in [0.3, 0.4) is 0 Å². The molecule has 1 aliphatic rings. The predicted octanol–water partition coefficient (Wildman–Crippen LogP) is 3.61. The first-order valence-corrected chi connectivity index (χ1v) is 9.99. The van der Waals surface area contributed by atoms with Crippen molar-refractivity contribution in [1.29, 1.82) is 0 Å². The number of aromatic amines is 1. The van der Waals surface area contributed by atoms with E-state index < -0.39 is 5.60 Å². The average Bonchev–Trinajstić information content (AvgIpc) is 2.61. The van der Waals surface area contributed by atoms with E-state index in [4.69, 9.17) is 4.74 Å². The molecule has 1 atom stereocenters.